The maximum absolute atomic E-state index is 13.8. The lowest BCUT2D eigenvalue weighted by Gasteiger charge is -2.38. The lowest BCUT2D eigenvalue weighted by atomic mass is 9.86. The van der Waals surface area contributed by atoms with Crippen LogP contribution in [-0.2, 0) is 14.8 Å². The van der Waals surface area contributed by atoms with Crippen LogP contribution >= 0.6 is 11.6 Å². The Labute approximate surface area is 204 Å². The number of rotatable bonds is 6. The highest BCUT2D eigenvalue weighted by atomic mass is 35.5. The number of fused-ring (bicyclic) bond motifs is 1. The van der Waals surface area contributed by atoms with Crippen molar-refractivity contribution >= 4 is 33.3 Å². The van der Waals surface area contributed by atoms with Gasteiger partial charge in [-0.3, -0.25) is 9.10 Å². The normalized spacial score (nSPS) is 16.0. The summed E-state index contributed by atoms with van der Waals surface area (Å²) in [5, 5.41) is 10.2. The van der Waals surface area contributed by atoms with E-state index in [2.05, 4.69) is 0 Å². The minimum Gasteiger partial charge on any atom is -0.486 e. The van der Waals surface area contributed by atoms with Gasteiger partial charge in [0.15, 0.2) is 0 Å². The van der Waals surface area contributed by atoms with E-state index in [0.29, 0.717) is 16.5 Å². The molecule has 0 saturated heterocycles. The van der Waals surface area contributed by atoms with Gasteiger partial charge in [0.1, 0.15) is 11.9 Å². The van der Waals surface area contributed by atoms with Gasteiger partial charge in [0.05, 0.1) is 22.5 Å². The summed E-state index contributed by atoms with van der Waals surface area (Å²) in [6.07, 6.45) is -0.479. The van der Waals surface area contributed by atoms with E-state index < -0.39 is 27.5 Å². The Morgan fingerprint density at radius 1 is 1.09 bits per heavy atom. The lowest BCUT2D eigenvalue weighted by Crippen LogP contribution is -2.46. The summed E-state index contributed by atoms with van der Waals surface area (Å²) in [6, 6.07) is 19.4. The van der Waals surface area contributed by atoms with Gasteiger partial charge in [-0.05, 0) is 73.9 Å². The van der Waals surface area contributed by atoms with Gasteiger partial charge in [-0.2, -0.15) is 0 Å². The number of carboxylic acid groups (broad SMARTS) is 1. The molecule has 1 atom stereocenters. The van der Waals surface area contributed by atoms with Gasteiger partial charge < -0.3 is 9.84 Å². The predicted octanol–water partition coefficient (Wildman–Crippen LogP) is 5.77. The maximum atomic E-state index is 13.8. The van der Waals surface area contributed by atoms with Crippen molar-refractivity contribution in [2.24, 2.45) is 5.41 Å². The SMILES string of the molecule is Cc1cccc(S(=O)(=O)N2C[C@H](CC(C)(C)C(=O)O)Oc3ccc(-c4cccc(Cl)c4)cc32)c1. The molecule has 0 amide bonds. The fourth-order valence-corrected chi connectivity index (χ4v) is 5.85. The van der Waals surface area contributed by atoms with Crippen molar-refractivity contribution < 1.29 is 23.1 Å². The van der Waals surface area contributed by atoms with E-state index in [1.807, 2.05) is 37.3 Å². The first-order valence-corrected chi connectivity index (χ1v) is 12.7. The van der Waals surface area contributed by atoms with Crippen molar-refractivity contribution in [3.05, 3.63) is 77.3 Å². The molecule has 0 spiro atoms. The molecule has 1 heterocycles. The van der Waals surface area contributed by atoms with Gasteiger partial charge in [-0.1, -0.05) is 41.9 Å². The molecule has 0 saturated carbocycles. The van der Waals surface area contributed by atoms with Crippen LogP contribution in [0.1, 0.15) is 25.8 Å². The largest absolute Gasteiger partial charge is 0.486 e. The minimum atomic E-state index is -3.93. The van der Waals surface area contributed by atoms with Crippen LogP contribution < -0.4 is 9.04 Å². The Bertz CT molecular complexity index is 1350. The quantitative estimate of drug-likeness (QED) is 0.465. The number of hydrogen-bond donors (Lipinski definition) is 1. The molecule has 6 nitrogen and oxygen atoms in total. The highest BCUT2D eigenvalue weighted by molar-refractivity contribution is 7.92. The number of hydrogen-bond acceptors (Lipinski definition) is 4. The third-order valence-corrected chi connectivity index (χ3v) is 7.95. The number of ether oxygens (including phenoxy) is 1. The van der Waals surface area contributed by atoms with E-state index in [0.717, 1.165) is 16.7 Å². The van der Waals surface area contributed by atoms with Crippen LogP contribution in [0.2, 0.25) is 5.02 Å². The molecule has 34 heavy (non-hydrogen) atoms. The smallest absolute Gasteiger partial charge is 0.309 e. The third-order valence-electron chi connectivity index (χ3n) is 5.94. The predicted molar refractivity (Wildman–Crippen MR) is 133 cm³/mol. The maximum Gasteiger partial charge on any atom is 0.309 e. The number of benzene rings is 3. The van der Waals surface area contributed by atoms with Crippen molar-refractivity contribution in [3.8, 4) is 16.9 Å². The summed E-state index contributed by atoms with van der Waals surface area (Å²) in [6.45, 7) is 5.05. The molecule has 178 valence electrons. The first kappa shape index (κ1) is 24.1. The van der Waals surface area contributed by atoms with Crippen LogP contribution in [0.15, 0.2) is 71.6 Å². The summed E-state index contributed by atoms with van der Waals surface area (Å²) in [7, 11) is -3.93. The number of aliphatic carboxylic acids is 1. The second-order valence-corrected chi connectivity index (χ2v) is 11.5. The molecule has 0 aromatic heterocycles. The van der Waals surface area contributed by atoms with Crippen molar-refractivity contribution in [3.63, 3.8) is 0 Å². The Hall–Kier alpha value is -3.03. The molecule has 1 aliphatic rings. The Morgan fingerprint density at radius 3 is 2.47 bits per heavy atom. The van der Waals surface area contributed by atoms with Crippen LogP contribution in [0.25, 0.3) is 11.1 Å². The fourth-order valence-electron chi connectivity index (χ4n) is 4.05. The van der Waals surface area contributed by atoms with Gasteiger partial charge in [-0.25, -0.2) is 8.42 Å². The average molecular weight is 500 g/mol. The Morgan fingerprint density at radius 2 is 1.79 bits per heavy atom. The van der Waals surface area contributed by atoms with Crippen molar-refractivity contribution in [2.45, 2.75) is 38.2 Å². The number of carbonyl (C=O) groups is 1. The molecular weight excluding hydrogens is 474 g/mol. The summed E-state index contributed by atoms with van der Waals surface area (Å²) in [5.74, 6) is -0.578. The number of anilines is 1. The van der Waals surface area contributed by atoms with Crippen LogP contribution in [0.5, 0.6) is 5.75 Å². The summed E-state index contributed by atoms with van der Waals surface area (Å²) >= 11 is 6.16. The van der Waals surface area contributed by atoms with Crippen LogP contribution in [0.4, 0.5) is 5.69 Å². The van der Waals surface area contributed by atoms with Crippen molar-refractivity contribution in [1.29, 1.82) is 0 Å². The number of aryl methyl sites for hydroxylation is 1. The molecule has 3 aromatic rings. The second-order valence-electron chi connectivity index (χ2n) is 9.18. The topological polar surface area (TPSA) is 83.9 Å². The molecule has 0 fully saturated rings. The molecule has 0 aliphatic carbocycles. The molecular formula is C26H26ClNO5S. The number of halogens is 1. The van der Waals surface area contributed by atoms with Crippen molar-refractivity contribution in [1.82, 2.24) is 0 Å². The molecule has 3 aromatic carbocycles. The summed E-state index contributed by atoms with van der Waals surface area (Å²) in [5.41, 5.74) is 1.78. The lowest BCUT2D eigenvalue weighted by molar-refractivity contribution is -0.148. The fraction of sp³-hybridized carbons (Fsp3) is 0.269. The monoisotopic (exact) mass is 499 g/mol. The summed E-state index contributed by atoms with van der Waals surface area (Å²) < 4.78 is 35.0. The van der Waals surface area contributed by atoms with E-state index >= 15 is 0 Å². The molecule has 0 bridgehead atoms. The van der Waals surface area contributed by atoms with E-state index in [1.54, 1.807) is 50.2 Å². The summed E-state index contributed by atoms with van der Waals surface area (Å²) in [4.78, 5) is 11.9. The van der Waals surface area contributed by atoms with E-state index in [-0.39, 0.29) is 17.9 Å². The van der Waals surface area contributed by atoms with Gasteiger partial charge in [0.25, 0.3) is 10.0 Å². The molecule has 1 aliphatic heterocycles. The van der Waals surface area contributed by atoms with Crippen LogP contribution in [-0.4, -0.2) is 32.1 Å². The van der Waals surface area contributed by atoms with Crippen molar-refractivity contribution in [2.75, 3.05) is 10.8 Å². The molecule has 1 N–H and O–H groups in total. The minimum absolute atomic E-state index is 0.00101. The molecule has 0 radical (unpaired) electrons. The highest BCUT2D eigenvalue weighted by Gasteiger charge is 2.39. The Kier molecular flexibility index (Phi) is 6.36. The highest BCUT2D eigenvalue weighted by Crippen LogP contribution is 2.42. The third kappa shape index (κ3) is 4.76. The zero-order valence-electron chi connectivity index (χ0n) is 19.2. The molecule has 8 heteroatoms. The standard InChI is InChI=1S/C26H26ClNO5S/c1-17-6-4-9-22(12-17)34(31,32)28-16-21(15-26(2,3)25(29)30)33-24-11-10-19(14-23(24)28)18-7-5-8-20(27)13-18/h4-14,21H,15-16H2,1-3H3,(H,29,30)/t21-/m0/s1. The first-order valence-electron chi connectivity index (χ1n) is 10.9. The van der Waals surface area contributed by atoms with Gasteiger partial charge in [0, 0.05) is 11.4 Å². The van der Waals surface area contributed by atoms with Crippen LogP contribution in [0.3, 0.4) is 0 Å². The number of carboxylic acids is 1. The number of nitrogens with zero attached hydrogens (tertiary/aromatic N) is 1. The average Bonchev–Trinajstić information content (AvgIpc) is 2.78. The Balaban J connectivity index is 1.82. The van der Waals surface area contributed by atoms with E-state index in [9.17, 15) is 18.3 Å². The van der Waals surface area contributed by atoms with E-state index in [1.165, 1.54) is 4.31 Å². The molecule has 4 rings (SSSR count). The van der Waals surface area contributed by atoms with Gasteiger partial charge in [0.2, 0.25) is 0 Å². The van der Waals surface area contributed by atoms with E-state index in [4.69, 9.17) is 16.3 Å². The van der Waals surface area contributed by atoms with Crippen LogP contribution in [0, 0.1) is 12.3 Å². The zero-order valence-corrected chi connectivity index (χ0v) is 20.7. The van der Waals surface area contributed by atoms with Gasteiger partial charge in [-0.15, -0.1) is 0 Å². The first-order chi connectivity index (χ1) is 16.0. The second kappa shape index (κ2) is 8.96. The molecule has 0 unspecified atom stereocenters. The zero-order chi connectivity index (χ0) is 24.7. The number of sulfonamides is 1. The van der Waals surface area contributed by atoms with Gasteiger partial charge >= 0.3 is 5.97 Å².